The van der Waals surface area contributed by atoms with E-state index in [9.17, 15) is 4.79 Å². The number of amides is 1. The van der Waals surface area contributed by atoms with Crippen molar-refractivity contribution in [2.45, 2.75) is 26.2 Å². The first-order chi connectivity index (χ1) is 7.34. The van der Waals surface area contributed by atoms with Gasteiger partial charge in [0.1, 0.15) is 6.61 Å². The summed E-state index contributed by atoms with van der Waals surface area (Å²) < 4.78 is 5.30. The number of rotatable bonds is 7. The van der Waals surface area contributed by atoms with Crippen LogP contribution in [0.25, 0.3) is 0 Å². The van der Waals surface area contributed by atoms with Crippen molar-refractivity contribution in [1.82, 2.24) is 10.2 Å². The molecule has 0 atom stereocenters. The Balaban J connectivity index is 1.92. The molecular weight excluding hydrogens is 192 g/mol. The van der Waals surface area contributed by atoms with E-state index >= 15 is 0 Å². The van der Waals surface area contributed by atoms with Crippen LogP contribution < -0.4 is 5.32 Å². The van der Waals surface area contributed by atoms with Crippen LogP contribution in [0.5, 0.6) is 0 Å². The van der Waals surface area contributed by atoms with Crippen LogP contribution in [0.15, 0.2) is 0 Å². The fourth-order valence-electron chi connectivity index (χ4n) is 1.66. The highest BCUT2D eigenvalue weighted by Gasteiger charge is 2.17. The fourth-order valence-corrected chi connectivity index (χ4v) is 1.66. The molecule has 1 saturated heterocycles. The van der Waals surface area contributed by atoms with E-state index < -0.39 is 0 Å². The Morgan fingerprint density at radius 1 is 1.33 bits per heavy atom. The smallest absolute Gasteiger partial charge is 0.248 e. The summed E-state index contributed by atoms with van der Waals surface area (Å²) in [5, 5.41) is 3.23. The zero-order chi connectivity index (χ0) is 10.9. The number of nitrogens with zero attached hydrogens (tertiary/aromatic N) is 1. The van der Waals surface area contributed by atoms with Crippen LogP contribution >= 0.6 is 0 Å². The quantitative estimate of drug-likeness (QED) is 0.632. The van der Waals surface area contributed by atoms with Gasteiger partial charge in [0.2, 0.25) is 5.91 Å². The first-order valence-electron chi connectivity index (χ1n) is 5.91. The normalized spacial score (nSPS) is 15.9. The van der Waals surface area contributed by atoms with Crippen molar-refractivity contribution < 1.29 is 9.53 Å². The first-order valence-corrected chi connectivity index (χ1v) is 5.91. The van der Waals surface area contributed by atoms with Gasteiger partial charge in [-0.15, -0.1) is 0 Å². The van der Waals surface area contributed by atoms with E-state index in [1.54, 1.807) is 0 Å². The highest BCUT2D eigenvalue weighted by atomic mass is 16.5. The molecule has 0 spiro atoms. The molecule has 0 aliphatic carbocycles. The van der Waals surface area contributed by atoms with Gasteiger partial charge in [0, 0.05) is 19.6 Å². The van der Waals surface area contributed by atoms with Crippen molar-refractivity contribution in [3.63, 3.8) is 0 Å². The maximum atomic E-state index is 11.5. The van der Waals surface area contributed by atoms with Crippen molar-refractivity contribution in [2.75, 3.05) is 39.4 Å². The number of nitrogens with one attached hydrogen (secondary N) is 1. The average molecular weight is 214 g/mol. The standard InChI is InChI=1S/C11H22N2O2/c1-2-5-12-6-9-15-10-11(14)13-7-3-4-8-13/h12H,2-10H2,1H3. The van der Waals surface area contributed by atoms with E-state index in [1.165, 1.54) is 0 Å². The summed E-state index contributed by atoms with van der Waals surface area (Å²) in [5.41, 5.74) is 0. The summed E-state index contributed by atoms with van der Waals surface area (Å²) in [5.74, 6) is 0.142. The minimum Gasteiger partial charge on any atom is -0.370 e. The maximum Gasteiger partial charge on any atom is 0.248 e. The molecule has 1 fully saturated rings. The summed E-state index contributed by atoms with van der Waals surface area (Å²) in [6, 6.07) is 0. The van der Waals surface area contributed by atoms with Crippen LogP contribution in [0.1, 0.15) is 26.2 Å². The van der Waals surface area contributed by atoms with Gasteiger partial charge >= 0.3 is 0 Å². The van der Waals surface area contributed by atoms with Crippen LogP contribution in [-0.2, 0) is 9.53 Å². The SMILES string of the molecule is CCCNCCOCC(=O)N1CCCC1. The number of carbonyl (C=O) groups is 1. The molecule has 0 saturated carbocycles. The number of hydrogen-bond donors (Lipinski definition) is 1. The lowest BCUT2D eigenvalue weighted by Crippen LogP contribution is -2.32. The second-order valence-corrected chi connectivity index (χ2v) is 3.89. The van der Waals surface area contributed by atoms with Gasteiger partial charge < -0.3 is 15.0 Å². The summed E-state index contributed by atoms with van der Waals surface area (Å²) in [7, 11) is 0. The summed E-state index contributed by atoms with van der Waals surface area (Å²) in [6.07, 6.45) is 3.42. The van der Waals surface area contributed by atoms with Crippen LogP contribution in [0.2, 0.25) is 0 Å². The molecule has 1 aliphatic rings. The minimum atomic E-state index is 0.142. The summed E-state index contributed by atoms with van der Waals surface area (Å²) in [4.78, 5) is 13.4. The first kappa shape index (κ1) is 12.5. The Kier molecular flexibility index (Phi) is 6.36. The average Bonchev–Trinajstić information content (AvgIpc) is 2.76. The van der Waals surface area contributed by atoms with E-state index in [4.69, 9.17) is 4.74 Å². The topological polar surface area (TPSA) is 41.6 Å². The number of ether oxygens (including phenoxy) is 1. The molecule has 15 heavy (non-hydrogen) atoms. The second kappa shape index (κ2) is 7.65. The Bertz CT molecular complexity index is 179. The third kappa shape index (κ3) is 5.14. The van der Waals surface area contributed by atoms with Crippen LogP contribution in [-0.4, -0.2) is 50.2 Å². The van der Waals surface area contributed by atoms with Crippen LogP contribution in [0.4, 0.5) is 0 Å². The lowest BCUT2D eigenvalue weighted by atomic mass is 10.4. The predicted molar refractivity (Wildman–Crippen MR) is 59.8 cm³/mol. The Labute approximate surface area is 92.0 Å². The summed E-state index contributed by atoms with van der Waals surface area (Å²) in [6.45, 7) is 6.68. The molecule has 0 aromatic carbocycles. The molecule has 0 unspecified atom stereocenters. The zero-order valence-electron chi connectivity index (χ0n) is 9.63. The fraction of sp³-hybridized carbons (Fsp3) is 0.909. The third-order valence-corrected chi connectivity index (χ3v) is 2.53. The lowest BCUT2D eigenvalue weighted by Gasteiger charge is -2.14. The molecule has 1 aliphatic heterocycles. The van der Waals surface area contributed by atoms with Gasteiger partial charge in [0.05, 0.1) is 6.61 Å². The molecule has 1 heterocycles. The van der Waals surface area contributed by atoms with Crippen LogP contribution in [0.3, 0.4) is 0 Å². The van der Waals surface area contributed by atoms with Gasteiger partial charge in [-0.2, -0.15) is 0 Å². The highest BCUT2D eigenvalue weighted by Crippen LogP contribution is 2.07. The largest absolute Gasteiger partial charge is 0.370 e. The molecule has 0 radical (unpaired) electrons. The van der Waals surface area contributed by atoms with Crippen molar-refractivity contribution in [2.24, 2.45) is 0 Å². The monoisotopic (exact) mass is 214 g/mol. The zero-order valence-corrected chi connectivity index (χ0v) is 9.63. The minimum absolute atomic E-state index is 0.142. The molecule has 0 bridgehead atoms. The third-order valence-electron chi connectivity index (χ3n) is 2.53. The van der Waals surface area contributed by atoms with Crippen LogP contribution in [0, 0.1) is 0 Å². The van der Waals surface area contributed by atoms with Gasteiger partial charge in [-0.1, -0.05) is 6.92 Å². The van der Waals surface area contributed by atoms with E-state index in [-0.39, 0.29) is 12.5 Å². The maximum absolute atomic E-state index is 11.5. The molecule has 4 heteroatoms. The van der Waals surface area contributed by atoms with Gasteiger partial charge in [-0.25, -0.2) is 0 Å². The van der Waals surface area contributed by atoms with Gasteiger partial charge in [-0.3, -0.25) is 4.79 Å². The van der Waals surface area contributed by atoms with E-state index in [0.29, 0.717) is 6.61 Å². The van der Waals surface area contributed by atoms with Gasteiger partial charge in [0.25, 0.3) is 0 Å². The summed E-state index contributed by atoms with van der Waals surface area (Å²) >= 11 is 0. The van der Waals surface area contributed by atoms with E-state index in [1.807, 2.05) is 4.90 Å². The van der Waals surface area contributed by atoms with Crippen molar-refractivity contribution in [1.29, 1.82) is 0 Å². The van der Waals surface area contributed by atoms with Crippen molar-refractivity contribution >= 4 is 5.91 Å². The second-order valence-electron chi connectivity index (χ2n) is 3.89. The molecule has 1 rings (SSSR count). The molecule has 4 nitrogen and oxygen atoms in total. The molecule has 1 amide bonds. The van der Waals surface area contributed by atoms with Gasteiger partial charge in [0.15, 0.2) is 0 Å². The lowest BCUT2D eigenvalue weighted by molar-refractivity contribution is -0.134. The number of carbonyl (C=O) groups excluding carboxylic acids is 1. The molecule has 88 valence electrons. The molecule has 1 N–H and O–H groups in total. The van der Waals surface area contributed by atoms with Crippen molar-refractivity contribution in [3.05, 3.63) is 0 Å². The predicted octanol–water partition coefficient (Wildman–Crippen LogP) is 0.625. The van der Waals surface area contributed by atoms with Crippen molar-refractivity contribution in [3.8, 4) is 0 Å². The van der Waals surface area contributed by atoms with E-state index in [2.05, 4.69) is 12.2 Å². The highest BCUT2D eigenvalue weighted by molar-refractivity contribution is 5.77. The van der Waals surface area contributed by atoms with Gasteiger partial charge in [-0.05, 0) is 25.8 Å². The van der Waals surface area contributed by atoms with E-state index in [0.717, 1.165) is 45.4 Å². The molecule has 0 aromatic rings. The number of hydrogen-bond acceptors (Lipinski definition) is 3. The molecule has 0 aromatic heterocycles. The Morgan fingerprint density at radius 3 is 2.73 bits per heavy atom. The Morgan fingerprint density at radius 2 is 2.07 bits per heavy atom. The number of likely N-dealkylation sites (tertiary alicyclic amines) is 1. The Hall–Kier alpha value is -0.610. The molecular formula is C11H22N2O2.